The highest BCUT2D eigenvalue weighted by atomic mass is 19.1. The second kappa shape index (κ2) is 22.7. The van der Waals surface area contributed by atoms with Gasteiger partial charge in [-0.1, -0.05) is 59.4 Å². The number of ether oxygens (including phenoxy) is 1. The normalized spacial score (nSPS) is 10.8. The molecule has 3 rings (SSSR count). The Kier molecular flexibility index (Phi) is 20.2. The Balaban J connectivity index is 0.00000237. The summed E-state index contributed by atoms with van der Waals surface area (Å²) in [5.74, 6) is 0.206. The molecule has 0 radical (unpaired) electrons. The fraction of sp³-hybridized carbons (Fsp3) is 0.281. The van der Waals surface area contributed by atoms with Crippen LogP contribution < -0.4 is 21.5 Å². The third-order valence-corrected chi connectivity index (χ3v) is 4.76. The number of hydrogen-bond acceptors (Lipinski definition) is 6. The van der Waals surface area contributed by atoms with Crippen LogP contribution in [0.1, 0.15) is 47.5 Å². The van der Waals surface area contributed by atoms with E-state index in [4.69, 9.17) is 10.5 Å². The number of rotatable bonds is 11. The van der Waals surface area contributed by atoms with E-state index in [0.29, 0.717) is 24.4 Å². The molecule has 0 aliphatic heterocycles. The standard InChI is InChI=1S/C27H28FN5O.2C2H6.CH5N/c1-3-13-30-14-11-20(2)7-8-23(18-32-19-29)33-22-9-10-27(25(28)16-22)34-26-6-4-5-21-17-31-15-12-24(21)26;3*1-2/h4-6,8-17,19,33H,2-3,7,18H2,1H3,(H2,29,32);2*1-2H3;2H2,1H3/b14-11-,23-8+,30-13?;;;. The molecule has 0 fully saturated rings. The van der Waals surface area contributed by atoms with Crippen molar-refractivity contribution in [3.8, 4) is 11.5 Å². The lowest BCUT2D eigenvalue weighted by molar-refractivity contribution is 0.447. The SMILES string of the molecule is C=C(/C=C\N=CCC)C/C=C(\CN=CN)Nc1ccc(Oc2cccc3cnccc23)c(F)c1.CC.CC.CN. The molecule has 7 nitrogen and oxygen atoms in total. The van der Waals surface area contributed by atoms with Gasteiger partial charge in [-0.2, -0.15) is 0 Å². The highest BCUT2D eigenvalue weighted by molar-refractivity contribution is 5.87. The molecule has 0 unspecified atom stereocenters. The summed E-state index contributed by atoms with van der Waals surface area (Å²) < 4.78 is 20.7. The van der Waals surface area contributed by atoms with E-state index in [1.54, 1.807) is 36.8 Å². The van der Waals surface area contributed by atoms with Gasteiger partial charge < -0.3 is 21.5 Å². The average molecular weight is 549 g/mol. The number of fused-ring (bicyclic) bond motifs is 1. The summed E-state index contributed by atoms with van der Waals surface area (Å²) in [5.41, 5.74) is 12.1. The van der Waals surface area contributed by atoms with Crippen LogP contribution in [-0.4, -0.2) is 31.1 Å². The predicted octanol–water partition coefficient (Wildman–Crippen LogP) is 8.02. The number of nitrogens with one attached hydrogen (secondary N) is 1. The molecule has 0 aliphatic rings. The van der Waals surface area contributed by atoms with E-state index in [1.807, 2.05) is 71.2 Å². The number of benzene rings is 2. The molecule has 1 heterocycles. The van der Waals surface area contributed by atoms with E-state index >= 15 is 0 Å². The molecule has 3 aromatic rings. The molecular formula is C32H45FN6O. The van der Waals surface area contributed by atoms with Crippen LogP contribution in [-0.2, 0) is 0 Å². The predicted molar refractivity (Wildman–Crippen MR) is 172 cm³/mol. The Morgan fingerprint density at radius 1 is 1.10 bits per heavy atom. The molecular weight excluding hydrogens is 503 g/mol. The summed E-state index contributed by atoms with van der Waals surface area (Å²) in [6.07, 6.45) is 13.4. The van der Waals surface area contributed by atoms with Crippen LogP contribution in [0.4, 0.5) is 10.1 Å². The van der Waals surface area contributed by atoms with Crippen molar-refractivity contribution in [2.45, 2.75) is 47.5 Å². The van der Waals surface area contributed by atoms with Crippen LogP contribution in [0.25, 0.3) is 10.8 Å². The second-order valence-electron chi connectivity index (χ2n) is 7.36. The third kappa shape index (κ3) is 13.0. The highest BCUT2D eigenvalue weighted by Crippen LogP contribution is 2.32. The molecule has 0 bridgehead atoms. The van der Waals surface area contributed by atoms with Crippen molar-refractivity contribution in [3.63, 3.8) is 0 Å². The smallest absolute Gasteiger partial charge is 0.167 e. The van der Waals surface area contributed by atoms with Crippen LogP contribution >= 0.6 is 0 Å². The Morgan fingerprint density at radius 2 is 1.85 bits per heavy atom. The number of pyridine rings is 1. The van der Waals surface area contributed by atoms with Gasteiger partial charge in [-0.3, -0.25) is 15.0 Å². The maximum Gasteiger partial charge on any atom is 0.167 e. The van der Waals surface area contributed by atoms with Crippen LogP contribution in [0.3, 0.4) is 0 Å². The van der Waals surface area contributed by atoms with Gasteiger partial charge in [-0.25, -0.2) is 4.39 Å². The van der Waals surface area contributed by atoms with E-state index in [9.17, 15) is 4.39 Å². The first-order valence-corrected chi connectivity index (χ1v) is 13.5. The molecule has 0 spiro atoms. The lowest BCUT2D eigenvalue weighted by Crippen LogP contribution is -2.05. The first-order valence-electron chi connectivity index (χ1n) is 13.5. The van der Waals surface area contributed by atoms with Crippen LogP contribution in [0.5, 0.6) is 11.5 Å². The van der Waals surface area contributed by atoms with Gasteiger partial charge in [0.2, 0.25) is 0 Å². The van der Waals surface area contributed by atoms with E-state index in [0.717, 1.165) is 28.5 Å². The zero-order valence-corrected chi connectivity index (χ0v) is 24.7. The zero-order chi connectivity index (χ0) is 30.2. The van der Waals surface area contributed by atoms with E-state index in [1.165, 1.54) is 19.5 Å². The summed E-state index contributed by atoms with van der Waals surface area (Å²) in [6, 6.07) is 12.1. The number of halogens is 1. The molecule has 0 amide bonds. The van der Waals surface area contributed by atoms with E-state index in [2.05, 4.69) is 32.6 Å². The van der Waals surface area contributed by atoms with Gasteiger partial charge in [0.25, 0.3) is 0 Å². The molecule has 1 aromatic heterocycles. The topological polar surface area (TPSA) is 111 Å². The number of allylic oxidation sites excluding steroid dienone is 3. The van der Waals surface area contributed by atoms with Gasteiger partial charge in [0.15, 0.2) is 11.6 Å². The lowest BCUT2D eigenvalue weighted by Gasteiger charge is -2.13. The molecule has 0 saturated carbocycles. The van der Waals surface area contributed by atoms with Crippen molar-refractivity contribution in [2.24, 2.45) is 21.5 Å². The molecule has 8 heteroatoms. The molecule has 0 atom stereocenters. The van der Waals surface area contributed by atoms with Gasteiger partial charge in [0.05, 0.1) is 12.9 Å². The fourth-order valence-electron chi connectivity index (χ4n) is 3.09. The van der Waals surface area contributed by atoms with E-state index in [-0.39, 0.29) is 5.75 Å². The van der Waals surface area contributed by atoms with Gasteiger partial charge in [-0.05, 0) is 55.8 Å². The minimum Gasteiger partial charge on any atom is -0.454 e. The summed E-state index contributed by atoms with van der Waals surface area (Å²) in [6.45, 7) is 14.4. The number of aliphatic imine (C=N–C) groups is 2. The lowest BCUT2D eigenvalue weighted by atomic mass is 10.1. The molecule has 0 saturated heterocycles. The first kappa shape index (κ1) is 35.7. The van der Waals surface area contributed by atoms with Crippen molar-refractivity contribution in [1.29, 1.82) is 0 Å². The minimum absolute atomic E-state index is 0.131. The van der Waals surface area contributed by atoms with Crippen molar-refractivity contribution in [3.05, 3.63) is 96.9 Å². The average Bonchev–Trinajstić information content (AvgIpc) is 3.01. The number of anilines is 1. The van der Waals surface area contributed by atoms with Gasteiger partial charge >= 0.3 is 0 Å². The maximum atomic E-state index is 14.9. The summed E-state index contributed by atoms with van der Waals surface area (Å²) >= 11 is 0. The summed E-state index contributed by atoms with van der Waals surface area (Å²) in [5, 5.41) is 4.98. The summed E-state index contributed by atoms with van der Waals surface area (Å²) in [7, 11) is 1.50. The molecule has 0 aliphatic carbocycles. The maximum absolute atomic E-state index is 14.9. The Hall–Kier alpha value is -4.30. The van der Waals surface area contributed by atoms with Gasteiger partial charge in [0, 0.05) is 53.0 Å². The molecule has 5 N–H and O–H groups in total. The second-order valence-corrected chi connectivity index (χ2v) is 7.36. The zero-order valence-electron chi connectivity index (χ0n) is 24.7. The number of nitrogens with two attached hydrogens (primary N) is 2. The Morgan fingerprint density at radius 3 is 2.52 bits per heavy atom. The van der Waals surface area contributed by atoms with Crippen molar-refractivity contribution in [2.75, 3.05) is 18.9 Å². The van der Waals surface area contributed by atoms with Crippen LogP contribution in [0.2, 0.25) is 0 Å². The largest absolute Gasteiger partial charge is 0.454 e. The molecule has 40 heavy (non-hydrogen) atoms. The molecule has 216 valence electrons. The first-order chi connectivity index (χ1) is 19.6. The van der Waals surface area contributed by atoms with Gasteiger partial charge in [0.1, 0.15) is 5.75 Å². The van der Waals surface area contributed by atoms with E-state index < -0.39 is 5.82 Å². The highest BCUT2D eigenvalue weighted by Gasteiger charge is 2.09. The number of aromatic nitrogens is 1. The van der Waals surface area contributed by atoms with Crippen LogP contribution in [0.15, 0.2) is 101 Å². The van der Waals surface area contributed by atoms with Crippen molar-refractivity contribution >= 4 is 29.0 Å². The fourth-order valence-corrected chi connectivity index (χ4v) is 3.09. The Bertz CT molecular complexity index is 1250. The number of nitrogens with zero attached hydrogens (tertiary/aromatic N) is 3. The Labute approximate surface area is 239 Å². The third-order valence-electron chi connectivity index (χ3n) is 4.76. The quantitative estimate of drug-likeness (QED) is 0.128. The number of hydrogen-bond donors (Lipinski definition) is 3. The van der Waals surface area contributed by atoms with Crippen molar-refractivity contribution in [1.82, 2.24) is 4.98 Å². The molecule has 2 aromatic carbocycles. The van der Waals surface area contributed by atoms with Crippen molar-refractivity contribution < 1.29 is 9.13 Å². The monoisotopic (exact) mass is 548 g/mol. The summed E-state index contributed by atoms with van der Waals surface area (Å²) in [4.78, 5) is 12.3. The van der Waals surface area contributed by atoms with Crippen LogP contribution in [0, 0.1) is 5.82 Å². The van der Waals surface area contributed by atoms with Gasteiger partial charge in [-0.15, -0.1) is 0 Å². The minimum atomic E-state index is -0.487.